The number of aliphatic hydroxyl groups excluding tert-OH is 1. The van der Waals surface area contributed by atoms with Crippen LogP contribution in [0, 0.1) is 0 Å². The lowest BCUT2D eigenvalue weighted by molar-refractivity contribution is -0.121. The van der Waals surface area contributed by atoms with E-state index < -0.39 is 6.10 Å². The third-order valence-corrected chi connectivity index (χ3v) is 4.63. The van der Waals surface area contributed by atoms with Gasteiger partial charge in [-0.2, -0.15) is 0 Å². The fourth-order valence-corrected chi connectivity index (χ4v) is 3.44. The van der Waals surface area contributed by atoms with Crippen LogP contribution in [0.3, 0.4) is 0 Å². The number of nitrogens with zero attached hydrogens (tertiary/aromatic N) is 2. The topological polar surface area (TPSA) is 67.2 Å². The van der Waals surface area contributed by atoms with Gasteiger partial charge in [0.05, 0.1) is 30.9 Å². The highest BCUT2D eigenvalue weighted by molar-refractivity contribution is 7.10. The number of aromatic nitrogens is 2. The summed E-state index contributed by atoms with van der Waals surface area (Å²) >= 11 is 1.57. The van der Waals surface area contributed by atoms with Crippen molar-refractivity contribution in [3.63, 3.8) is 0 Å². The quantitative estimate of drug-likeness (QED) is 0.894. The van der Waals surface area contributed by atoms with E-state index in [1.54, 1.807) is 23.9 Å². The van der Waals surface area contributed by atoms with Crippen molar-refractivity contribution in [1.29, 1.82) is 0 Å². The molecule has 1 fully saturated rings. The van der Waals surface area contributed by atoms with Crippen molar-refractivity contribution in [2.45, 2.75) is 37.5 Å². The molecule has 20 heavy (non-hydrogen) atoms. The molecular formula is C14H17N3O2S. The lowest BCUT2D eigenvalue weighted by Gasteiger charge is -2.21. The summed E-state index contributed by atoms with van der Waals surface area (Å²) in [7, 11) is 0. The van der Waals surface area contributed by atoms with Crippen LogP contribution in [0.4, 0.5) is 0 Å². The van der Waals surface area contributed by atoms with Gasteiger partial charge in [-0.05, 0) is 24.3 Å². The molecule has 0 saturated heterocycles. The van der Waals surface area contributed by atoms with Gasteiger partial charge in [-0.25, -0.2) is 4.98 Å². The van der Waals surface area contributed by atoms with Crippen LogP contribution in [0.5, 0.6) is 0 Å². The smallest absolute Gasteiger partial charge is 0.225 e. The monoisotopic (exact) mass is 291 g/mol. The maximum absolute atomic E-state index is 12.0. The van der Waals surface area contributed by atoms with E-state index >= 15 is 0 Å². The van der Waals surface area contributed by atoms with Crippen molar-refractivity contribution in [1.82, 2.24) is 14.9 Å². The second-order valence-corrected chi connectivity index (χ2v) is 6.11. The predicted molar refractivity (Wildman–Crippen MR) is 76.5 cm³/mol. The summed E-state index contributed by atoms with van der Waals surface area (Å²) in [5.74, 6) is -0.0252. The Morgan fingerprint density at radius 3 is 3.15 bits per heavy atom. The van der Waals surface area contributed by atoms with E-state index in [0.29, 0.717) is 6.42 Å². The summed E-state index contributed by atoms with van der Waals surface area (Å²) in [4.78, 5) is 17.0. The van der Waals surface area contributed by atoms with Crippen LogP contribution < -0.4 is 5.32 Å². The molecule has 0 aliphatic heterocycles. The molecule has 1 amide bonds. The second kappa shape index (κ2) is 5.76. The molecule has 2 N–H and O–H groups in total. The molecule has 0 spiro atoms. The Hall–Kier alpha value is -1.66. The van der Waals surface area contributed by atoms with Gasteiger partial charge in [0.1, 0.15) is 0 Å². The molecule has 1 aliphatic rings. The van der Waals surface area contributed by atoms with Crippen molar-refractivity contribution in [2.24, 2.45) is 0 Å². The van der Waals surface area contributed by atoms with Gasteiger partial charge in [0.15, 0.2) is 0 Å². The highest BCUT2D eigenvalue weighted by Gasteiger charge is 2.36. The maximum Gasteiger partial charge on any atom is 0.225 e. The Bertz CT molecular complexity index is 553. The van der Waals surface area contributed by atoms with Crippen LogP contribution in [-0.4, -0.2) is 32.7 Å². The number of hydrogen-bond acceptors (Lipinski definition) is 4. The number of aliphatic hydroxyl groups is 1. The summed E-state index contributed by atoms with van der Waals surface area (Å²) in [5.41, 5.74) is 0. The van der Waals surface area contributed by atoms with E-state index in [4.69, 9.17) is 0 Å². The SMILES string of the molecule is O=C(Cc1cccs1)N[C@@H]1CC[C@@H](n2ccnc2)[C@@H]1O. The van der Waals surface area contributed by atoms with Gasteiger partial charge >= 0.3 is 0 Å². The average Bonchev–Trinajstić information content (AvgIpc) is 3.13. The van der Waals surface area contributed by atoms with Crippen LogP contribution in [-0.2, 0) is 11.2 Å². The number of amides is 1. The van der Waals surface area contributed by atoms with Crippen LogP contribution in [0.25, 0.3) is 0 Å². The van der Waals surface area contributed by atoms with Gasteiger partial charge in [0, 0.05) is 17.3 Å². The fraction of sp³-hybridized carbons (Fsp3) is 0.429. The lowest BCUT2D eigenvalue weighted by atomic mass is 10.1. The Labute approximate surface area is 121 Å². The molecule has 0 bridgehead atoms. The average molecular weight is 291 g/mol. The molecule has 1 aliphatic carbocycles. The lowest BCUT2D eigenvalue weighted by Crippen LogP contribution is -2.42. The molecule has 0 unspecified atom stereocenters. The van der Waals surface area contributed by atoms with Crippen LogP contribution >= 0.6 is 11.3 Å². The Kier molecular flexibility index (Phi) is 3.84. The third-order valence-electron chi connectivity index (χ3n) is 3.75. The second-order valence-electron chi connectivity index (χ2n) is 5.08. The first kappa shape index (κ1) is 13.3. The summed E-state index contributed by atoms with van der Waals surface area (Å²) in [6.07, 6.45) is 6.73. The van der Waals surface area contributed by atoms with Gasteiger partial charge in [0.2, 0.25) is 5.91 Å². The van der Waals surface area contributed by atoms with Gasteiger partial charge in [0.25, 0.3) is 0 Å². The standard InChI is InChI=1S/C14H17N3O2S/c18-13(8-10-2-1-7-20-10)16-11-3-4-12(14(11)19)17-6-5-15-9-17/h1-2,5-7,9,11-12,14,19H,3-4,8H2,(H,16,18)/t11-,12-,14-/m1/s1. The molecular weight excluding hydrogens is 274 g/mol. The molecule has 3 rings (SSSR count). The molecule has 2 heterocycles. The summed E-state index contributed by atoms with van der Waals surface area (Å²) in [5, 5.41) is 15.2. The number of hydrogen-bond donors (Lipinski definition) is 2. The fourth-order valence-electron chi connectivity index (χ4n) is 2.74. The normalized spacial score (nSPS) is 25.8. The third kappa shape index (κ3) is 2.76. The van der Waals surface area contributed by atoms with E-state index in [9.17, 15) is 9.90 Å². The first-order chi connectivity index (χ1) is 9.74. The maximum atomic E-state index is 12.0. The zero-order valence-electron chi connectivity index (χ0n) is 11.0. The summed E-state index contributed by atoms with van der Waals surface area (Å²) < 4.78 is 1.91. The molecule has 2 aromatic rings. The van der Waals surface area contributed by atoms with Crippen LogP contribution in [0.1, 0.15) is 23.8 Å². The molecule has 106 valence electrons. The van der Waals surface area contributed by atoms with E-state index in [1.165, 1.54) is 0 Å². The summed E-state index contributed by atoms with van der Waals surface area (Å²) in [6.45, 7) is 0. The number of thiophene rings is 1. The van der Waals surface area contributed by atoms with Crippen molar-refractivity contribution in [2.75, 3.05) is 0 Å². The molecule has 6 heteroatoms. The molecule has 2 aromatic heterocycles. The molecule has 3 atom stereocenters. The van der Waals surface area contributed by atoms with E-state index in [2.05, 4.69) is 10.3 Å². The zero-order chi connectivity index (χ0) is 13.9. The first-order valence-electron chi connectivity index (χ1n) is 6.71. The van der Waals surface area contributed by atoms with Crippen molar-refractivity contribution >= 4 is 17.2 Å². The molecule has 0 aromatic carbocycles. The molecule has 5 nitrogen and oxygen atoms in total. The Morgan fingerprint density at radius 2 is 2.45 bits per heavy atom. The van der Waals surface area contributed by atoms with Crippen LogP contribution in [0.15, 0.2) is 36.2 Å². The Morgan fingerprint density at radius 1 is 1.55 bits per heavy atom. The van der Waals surface area contributed by atoms with Crippen molar-refractivity contribution in [3.05, 3.63) is 41.1 Å². The van der Waals surface area contributed by atoms with Crippen LogP contribution in [0.2, 0.25) is 0 Å². The minimum Gasteiger partial charge on any atom is -0.389 e. The van der Waals surface area contributed by atoms with Gasteiger partial charge in [-0.3, -0.25) is 4.79 Å². The Balaban J connectivity index is 1.57. The molecule has 1 saturated carbocycles. The minimum absolute atomic E-state index is 0.00420. The van der Waals surface area contributed by atoms with Crippen molar-refractivity contribution < 1.29 is 9.90 Å². The zero-order valence-corrected chi connectivity index (χ0v) is 11.8. The van der Waals surface area contributed by atoms with E-state index in [1.807, 2.05) is 28.3 Å². The van der Waals surface area contributed by atoms with Gasteiger partial charge in [-0.1, -0.05) is 6.07 Å². The molecule has 0 radical (unpaired) electrons. The number of carbonyl (C=O) groups excluding carboxylic acids is 1. The van der Waals surface area contributed by atoms with E-state index in [0.717, 1.165) is 17.7 Å². The number of rotatable bonds is 4. The largest absolute Gasteiger partial charge is 0.389 e. The van der Waals surface area contributed by atoms with Crippen molar-refractivity contribution in [3.8, 4) is 0 Å². The summed E-state index contributed by atoms with van der Waals surface area (Å²) in [6, 6.07) is 3.72. The van der Waals surface area contributed by atoms with Gasteiger partial charge in [-0.15, -0.1) is 11.3 Å². The predicted octanol–water partition coefficient (Wildman–Crippen LogP) is 1.37. The number of carbonyl (C=O) groups is 1. The van der Waals surface area contributed by atoms with Gasteiger partial charge < -0.3 is 15.0 Å². The number of imidazole rings is 1. The van der Waals surface area contributed by atoms with E-state index in [-0.39, 0.29) is 18.0 Å². The first-order valence-corrected chi connectivity index (χ1v) is 7.59. The highest BCUT2D eigenvalue weighted by Crippen LogP contribution is 2.30. The minimum atomic E-state index is -0.559. The number of nitrogens with one attached hydrogen (secondary N) is 1. The highest BCUT2D eigenvalue weighted by atomic mass is 32.1.